The minimum absolute atomic E-state index is 0.103. The fourth-order valence-electron chi connectivity index (χ4n) is 2.12. The van der Waals surface area contributed by atoms with E-state index in [2.05, 4.69) is 14.9 Å². The van der Waals surface area contributed by atoms with E-state index in [1.807, 2.05) is 24.3 Å². The fourth-order valence-corrected chi connectivity index (χ4v) is 2.12. The lowest BCUT2D eigenvalue weighted by Crippen LogP contribution is -2.37. The van der Waals surface area contributed by atoms with Gasteiger partial charge >= 0.3 is 6.03 Å². The summed E-state index contributed by atoms with van der Waals surface area (Å²) in [4.78, 5) is 17.8. The minimum atomic E-state index is -0.103. The molecule has 82 valence electrons. The molecule has 0 aliphatic carbocycles. The molecule has 0 fully saturated rings. The van der Waals surface area contributed by atoms with E-state index in [4.69, 9.17) is 0 Å². The Labute approximate surface area is 92.7 Å². The van der Waals surface area contributed by atoms with E-state index >= 15 is 0 Å². The standard InChI is InChI=1S/C11H12N4O/c1-12-11(16)15-7-6-14-9-5-3-2-4-8(9)13-10(14)15/h2-5H,6-7H2,1H3,(H,12,16). The zero-order valence-corrected chi connectivity index (χ0v) is 8.97. The Morgan fingerprint density at radius 2 is 2.19 bits per heavy atom. The van der Waals surface area contributed by atoms with E-state index in [9.17, 15) is 4.79 Å². The highest BCUT2D eigenvalue weighted by atomic mass is 16.2. The third-order valence-electron chi connectivity index (χ3n) is 2.88. The van der Waals surface area contributed by atoms with Crippen LogP contribution in [0.15, 0.2) is 24.3 Å². The van der Waals surface area contributed by atoms with Gasteiger partial charge in [-0.15, -0.1) is 0 Å². The van der Waals surface area contributed by atoms with Crippen molar-refractivity contribution < 1.29 is 4.79 Å². The summed E-state index contributed by atoms with van der Waals surface area (Å²) in [6, 6.07) is 7.82. The molecule has 5 heteroatoms. The van der Waals surface area contributed by atoms with Crippen LogP contribution >= 0.6 is 0 Å². The topological polar surface area (TPSA) is 50.2 Å². The first-order chi connectivity index (χ1) is 7.81. The van der Waals surface area contributed by atoms with Crippen LogP contribution in [0.2, 0.25) is 0 Å². The molecule has 0 bridgehead atoms. The number of rotatable bonds is 0. The summed E-state index contributed by atoms with van der Waals surface area (Å²) in [5, 5.41) is 2.63. The first kappa shape index (κ1) is 9.21. The smallest absolute Gasteiger partial charge is 0.324 e. The van der Waals surface area contributed by atoms with Crippen LogP contribution in [0.1, 0.15) is 0 Å². The third kappa shape index (κ3) is 1.11. The third-order valence-corrected chi connectivity index (χ3v) is 2.88. The molecule has 1 aromatic carbocycles. The predicted octanol–water partition coefficient (Wildman–Crippen LogP) is 1.20. The summed E-state index contributed by atoms with van der Waals surface area (Å²) < 4.78 is 2.07. The molecule has 1 aromatic heterocycles. The molecule has 0 radical (unpaired) electrons. The van der Waals surface area contributed by atoms with Crippen LogP contribution in [-0.4, -0.2) is 29.2 Å². The van der Waals surface area contributed by atoms with Gasteiger partial charge in [-0.25, -0.2) is 9.78 Å². The van der Waals surface area contributed by atoms with Gasteiger partial charge in [0.05, 0.1) is 11.0 Å². The molecule has 5 nitrogen and oxygen atoms in total. The van der Waals surface area contributed by atoms with Crippen LogP contribution in [0.5, 0.6) is 0 Å². The number of carbonyl (C=O) groups excluding carboxylic acids is 1. The number of amides is 2. The summed E-state index contributed by atoms with van der Waals surface area (Å²) in [6.45, 7) is 1.50. The van der Waals surface area contributed by atoms with Gasteiger partial charge in [0.25, 0.3) is 0 Å². The number of aromatic nitrogens is 2. The number of imidazole rings is 1. The summed E-state index contributed by atoms with van der Waals surface area (Å²) in [5.41, 5.74) is 2.02. The largest absolute Gasteiger partial charge is 0.341 e. The number of benzene rings is 1. The van der Waals surface area contributed by atoms with Crippen molar-refractivity contribution in [1.29, 1.82) is 0 Å². The molecular weight excluding hydrogens is 204 g/mol. The van der Waals surface area contributed by atoms with Crippen LogP contribution in [0.25, 0.3) is 11.0 Å². The minimum Gasteiger partial charge on any atom is -0.341 e. The zero-order valence-electron chi connectivity index (χ0n) is 8.97. The molecule has 0 unspecified atom stereocenters. The molecule has 2 heterocycles. The van der Waals surface area contributed by atoms with Crippen molar-refractivity contribution in [3.63, 3.8) is 0 Å². The zero-order chi connectivity index (χ0) is 11.1. The highest BCUT2D eigenvalue weighted by Crippen LogP contribution is 2.26. The second-order valence-corrected chi connectivity index (χ2v) is 3.76. The van der Waals surface area contributed by atoms with E-state index < -0.39 is 0 Å². The molecule has 0 saturated heterocycles. The second-order valence-electron chi connectivity index (χ2n) is 3.76. The fraction of sp³-hybridized carbons (Fsp3) is 0.273. The molecule has 0 saturated carbocycles. The van der Waals surface area contributed by atoms with Crippen LogP contribution in [0.3, 0.4) is 0 Å². The number of hydrogen-bond acceptors (Lipinski definition) is 2. The van der Waals surface area contributed by atoms with Crippen LogP contribution < -0.4 is 10.2 Å². The van der Waals surface area contributed by atoms with Crippen molar-refractivity contribution in [3.8, 4) is 0 Å². The van der Waals surface area contributed by atoms with Gasteiger partial charge in [0.1, 0.15) is 0 Å². The van der Waals surface area contributed by atoms with Gasteiger partial charge in [0, 0.05) is 20.1 Å². The van der Waals surface area contributed by atoms with E-state index in [1.54, 1.807) is 11.9 Å². The predicted molar refractivity (Wildman–Crippen MR) is 61.5 cm³/mol. The maximum absolute atomic E-state index is 11.6. The highest BCUT2D eigenvalue weighted by Gasteiger charge is 2.27. The lowest BCUT2D eigenvalue weighted by Gasteiger charge is -2.12. The van der Waals surface area contributed by atoms with Gasteiger partial charge in [0.2, 0.25) is 5.95 Å². The Balaban J connectivity index is 2.16. The van der Waals surface area contributed by atoms with Gasteiger partial charge in [-0.1, -0.05) is 12.1 Å². The van der Waals surface area contributed by atoms with Crippen molar-refractivity contribution in [1.82, 2.24) is 14.9 Å². The van der Waals surface area contributed by atoms with Gasteiger partial charge in [-0.3, -0.25) is 4.90 Å². The molecular formula is C11H12N4O. The maximum Gasteiger partial charge on any atom is 0.324 e. The van der Waals surface area contributed by atoms with Crippen molar-refractivity contribution in [2.75, 3.05) is 18.5 Å². The molecule has 0 atom stereocenters. The van der Waals surface area contributed by atoms with Crippen molar-refractivity contribution in [2.24, 2.45) is 0 Å². The molecule has 1 N–H and O–H groups in total. The molecule has 2 amide bonds. The lowest BCUT2D eigenvalue weighted by molar-refractivity contribution is 0.248. The molecule has 16 heavy (non-hydrogen) atoms. The summed E-state index contributed by atoms with van der Waals surface area (Å²) >= 11 is 0. The quantitative estimate of drug-likeness (QED) is 0.719. The average molecular weight is 216 g/mol. The van der Waals surface area contributed by atoms with Crippen LogP contribution in [0, 0.1) is 0 Å². The number of nitrogens with zero attached hydrogens (tertiary/aromatic N) is 3. The number of urea groups is 1. The van der Waals surface area contributed by atoms with E-state index in [0.717, 1.165) is 23.5 Å². The SMILES string of the molecule is CNC(=O)N1CCn2c1nc1ccccc12. The summed E-state index contributed by atoms with van der Waals surface area (Å²) in [7, 11) is 1.63. The van der Waals surface area contributed by atoms with E-state index in [-0.39, 0.29) is 6.03 Å². The number of carbonyl (C=O) groups is 1. The van der Waals surface area contributed by atoms with E-state index in [0.29, 0.717) is 6.54 Å². The van der Waals surface area contributed by atoms with Crippen LogP contribution in [-0.2, 0) is 6.54 Å². The van der Waals surface area contributed by atoms with E-state index in [1.165, 1.54) is 0 Å². The molecule has 1 aliphatic rings. The normalized spacial score (nSPS) is 14.2. The number of fused-ring (bicyclic) bond motifs is 3. The first-order valence-corrected chi connectivity index (χ1v) is 5.26. The second kappa shape index (κ2) is 3.23. The maximum atomic E-state index is 11.6. The number of hydrogen-bond donors (Lipinski definition) is 1. The van der Waals surface area contributed by atoms with Gasteiger partial charge in [0.15, 0.2) is 0 Å². The number of nitrogens with one attached hydrogen (secondary N) is 1. The Morgan fingerprint density at radius 3 is 3.00 bits per heavy atom. The Kier molecular flexibility index (Phi) is 1.86. The van der Waals surface area contributed by atoms with Crippen molar-refractivity contribution in [2.45, 2.75) is 6.54 Å². The molecule has 3 rings (SSSR count). The first-order valence-electron chi connectivity index (χ1n) is 5.26. The highest BCUT2D eigenvalue weighted by molar-refractivity contribution is 5.93. The van der Waals surface area contributed by atoms with Crippen molar-refractivity contribution >= 4 is 23.0 Å². The summed E-state index contributed by atoms with van der Waals surface area (Å²) in [5.74, 6) is 0.737. The number of para-hydroxylation sites is 2. The van der Waals surface area contributed by atoms with Gasteiger partial charge in [-0.05, 0) is 12.1 Å². The molecule has 0 spiro atoms. The van der Waals surface area contributed by atoms with Gasteiger partial charge in [-0.2, -0.15) is 0 Å². The van der Waals surface area contributed by atoms with Crippen molar-refractivity contribution in [3.05, 3.63) is 24.3 Å². The average Bonchev–Trinajstić information content (AvgIpc) is 2.86. The Morgan fingerprint density at radius 1 is 1.38 bits per heavy atom. The Hall–Kier alpha value is -2.04. The number of anilines is 1. The lowest BCUT2D eigenvalue weighted by atomic mass is 10.3. The monoisotopic (exact) mass is 216 g/mol. The molecule has 2 aromatic rings. The molecule has 1 aliphatic heterocycles. The van der Waals surface area contributed by atoms with Gasteiger partial charge < -0.3 is 9.88 Å². The Bertz CT molecular complexity index is 560. The summed E-state index contributed by atoms with van der Waals surface area (Å²) in [6.07, 6.45) is 0. The van der Waals surface area contributed by atoms with Crippen LogP contribution in [0.4, 0.5) is 10.7 Å².